The van der Waals surface area contributed by atoms with Gasteiger partial charge < -0.3 is 29.0 Å². The molecule has 194 valence electrons. The number of nitrogens with one attached hydrogen (secondary N) is 1. The molecular formula is C25H29NO10. The van der Waals surface area contributed by atoms with Gasteiger partial charge in [0.05, 0.1) is 14.2 Å². The first-order valence-corrected chi connectivity index (χ1v) is 11.5. The predicted molar refractivity (Wildman–Crippen MR) is 123 cm³/mol. The van der Waals surface area contributed by atoms with Crippen molar-refractivity contribution >= 4 is 29.8 Å². The van der Waals surface area contributed by atoms with Crippen LogP contribution >= 0.6 is 0 Å². The summed E-state index contributed by atoms with van der Waals surface area (Å²) in [4.78, 5) is 62.6. The van der Waals surface area contributed by atoms with Crippen LogP contribution in [0.1, 0.15) is 57.1 Å². The van der Waals surface area contributed by atoms with E-state index in [-0.39, 0.29) is 47.2 Å². The fraction of sp³-hybridized carbons (Fsp3) is 0.480. The van der Waals surface area contributed by atoms with E-state index < -0.39 is 35.9 Å². The van der Waals surface area contributed by atoms with E-state index in [9.17, 15) is 24.0 Å². The molecule has 1 aromatic rings. The zero-order valence-electron chi connectivity index (χ0n) is 20.6. The molecule has 0 aliphatic carbocycles. The summed E-state index contributed by atoms with van der Waals surface area (Å²) < 4.78 is 25.8. The molecule has 2 aliphatic heterocycles. The van der Waals surface area contributed by atoms with Gasteiger partial charge in [0.2, 0.25) is 5.91 Å². The number of amides is 1. The van der Waals surface area contributed by atoms with Crippen molar-refractivity contribution in [3.63, 3.8) is 0 Å². The number of rotatable bonds is 10. The quantitative estimate of drug-likeness (QED) is 0.166. The molecule has 3 rings (SSSR count). The molecule has 0 fully saturated rings. The van der Waals surface area contributed by atoms with Gasteiger partial charge in [-0.05, 0) is 31.2 Å². The first-order chi connectivity index (χ1) is 17.1. The van der Waals surface area contributed by atoms with E-state index in [4.69, 9.17) is 23.7 Å². The van der Waals surface area contributed by atoms with Crippen LogP contribution in [0.4, 0.5) is 0 Å². The smallest absolute Gasteiger partial charge is 0.373 e. The van der Waals surface area contributed by atoms with Crippen molar-refractivity contribution in [2.75, 3.05) is 14.2 Å². The summed E-state index contributed by atoms with van der Waals surface area (Å²) in [7, 11) is 2.29. The lowest BCUT2D eigenvalue weighted by Crippen LogP contribution is -2.48. The van der Waals surface area contributed by atoms with E-state index in [1.54, 1.807) is 0 Å². The summed E-state index contributed by atoms with van der Waals surface area (Å²) in [5, 5.41) is 2.74. The molecule has 11 nitrogen and oxygen atoms in total. The summed E-state index contributed by atoms with van der Waals surface area (Å²) in [5.74, 6) is -4.92. The third-order valence-electron chi connectivity index (χ3n) is 5.60. The Morgan fingerprint density at radius 3 is 2.53 bits per heavy atom. The highest BCUT2D eigenvalue weighted by molar-refractivity contribution is 6.12. The minimum atomic E-state index is -2.64. The minimum Gasteiger partial charge on any atom is -0.493 e. The number of hydrogen-bond acceptors (Lipinski definition) is 10. The number of allylic oxidation sites excluding steroid dienone is 2. The highest BCUT2D eigenvalue weighted by atomic mass is 16.7. The maximum absolute atomic E-state index is 12.9. The largest absolute Gasteiger partial charge is 0.493 e. The molecule has 0 spiro atoms. The Bertz CT molecular complexity index is 1110. The average molecular weight is 504 g/mol. The van der Waals surface area contributed by atoms with Gasteiger partial charge >= 0.3 is 29.5 Å². The van der Waals surface area contributed by atoms with Crippen LogP contribution in [0.15, 0.2) is 18.2 Å². The second kappa shape index (κ2) is 11.2. The number of methoxy groups -OCH3 is 2. The number of carbonyl (C=O) groups excluding carboxylic acids is 5. The zero-order chi connectivity index (χ0) is 26.5. The van der Waals surface area contributed by atoms with Crippen LogP contribution in [0.5, 0.6) is 17.2 Å². The highest BCUT2D eigenvalue weighted by Gasteiger charge is 2.64. The average Bonchev–Trinajstić information content (AvgIpc) is 3.11. The lowest BCUT2D eigenvalue weighted by Gasteiger charge is -2.27. The molecule has 2 aliphatic rings. The maximum atomic E-state index is 12.9. The minimum absolute atomic E-state index is 0.00161. The van der Waals surface area contributed by atoms with E-state index in [0.29, 0.717) is 12.3 Å². The molecule has 11 heteroatoms. The molecule has 0 bridgehead atoms. The summed E-state index contributed by atoms with van der Waals surface area (Å²) in [6.45, 7) is 4.05. The Morgan fingerprint density at radius 1 is 1.11 bits per heavy atom. The first-order valence-electron chi connectivity index (χ1n) is 11.5. The molecule has 36 heavy (non-hydrogen) atoms. The van der Waals surface area contributed by atoms with Gasteiger partial charge in [0.25, 0.3) is 0 Å². The number of carbonyl (C=O) groups is 5. The van der Waals surface area contributed by atoms with E-state index in [1.807, 2.05) is 0 Å². The van der Waals surface area contributed by atoms with Crippen molar-refractivity contribution in [2.45, 2.75) is 58.1 Å². The van der Waals surface area contributed by atoms with Gasteiger partial charge in [0.15, 0.2) is 11.5 Å². The zero-order valence-corrected chi connectivity index (χ0v) is 20.6. The Labute approximate surface area is 208 Å². The summed E-state index contributed by atoms with van der Waals surface area (Å²) >= 11 is 0. The molecule has 0 aromatic heterocycles. The highest BCUT2D eigenvalue weighted by Crippen LogP contribution is 2.53. The molecule has 0 saturated heterocycles. The number of hydrogen-bond donors (Lipinski definition) is 1. The van der Waals surface area contributed by atoms with Crippen LogP contribution in [0, 0.1) is 5.92 Å². The molecule has 1 aromatic carbocycles. The van der Waals surface area contributed by atoms with Crippen molar-refractivity contribution in [1.29, 1.82) is 0 Å². The second-order valence-electron chi connectivity index (χ2n) is 8.65. The number of esters is 4. The van der Waals surface area contributed by atoms with Gasteiger partial charge in [0.1, 0.15) is 17.7 Å². The molecule has 1 unspecified atom stereocenters. The van der Waals surface area contributed by atoms with Crippen molar-refractivity contribution < 1.29 is 47.7 Å². The van der Waals surface area contributed by atoms with E-state index >= 15 is 0 Å². The molecule has 2 heterocycles. The third-order valence-corrected chi connectivity index (χ3v) is 5.60. The third kappa shape index (κ3) is 5.34. The molecule has 0 saturated carbocycles. The number of benzene rings is 1. The van der Waals surface area contributed by atoms with Crippen LogP contribution in [-0.4, -0.2) is 44.0 Å². The molecular weight excluding hydrogens is 474 g/mol. The van der Waals surface area contributed by atoms with Gasteiger partial charge in [-0.1, -0.05) is 26.0 Å². The Morgan fingerprint density at radius 2 is 1.86 bits per heavy atom. The number of ether oxygens (including phenoxy) is 5. The predicted octanol–water partition coefficient (Wildman–Crippen LogP) is 2.22. The maximum Gasteiger partial charge on any atom is 0.373 e. The van der Waals surface area contributed by atoms with Crippen LogP contribution in [0.3, 0.4) is 0 Å². The van der Waals surface area contributed by atoms with Gasteiger partial charge in [-0.2, -0.15) is 0 Å². The summed E-state index contributed by atoms with van der Waals surface area (Å²) in [5.41, 5.74) is -2.77. The standard InChI is InChI=1S/C25H29NO10/c1-14(2)9-7-5-6-8-10-17(27)26-13-15-11-16(32-3)22-20-21(15)34-18(28)12-19(29)36-25(20,23(30)33-4)24(31)35-22/h7,9,11,14H,5-6,8,10,12-13H2,1-4H3,(H,26,27). The van der Waals surface area contributed by atoms with E-state index in [0.717, 1.165) is 20.0 Å². The molecule has 1 amide bonds. The van der Waals surface area contributed by atoms with Crippen LogP contribution in [0.25, 0.3) is 0 Å². The lowest BCUT2D eigenvalue weighted by molar-refractivity contribution is -0.191. The van der Waals surface area contributed by atoms with Crippen molar-refractivity contribution in [3.05, 3.63) is 29.3 Å². The van der Waals surface area contributed by atoms with E-state index in [1.165, 1.54) is 13.2 Å². The molecule has 1 N–H and O–H groups in total. The van der Waals surface area contributed by atoms with Crippen molar-refractivity contribution in [3.8, 4) is 17.2 Å². The SMILES string of the molecule is COC(=O)C12OC(=O)CC(=O)Oc3c(CNC(=O)CCCCC=CC(C)C)cc(OC)c(c31)OC2=O. The van der Waals surface area contributed by atoms with Gasteiger partial charge in [-0.3, -0.25) is 14.4 Å². The first kappa shape index (κ1) is 26.7. The van der Waals surface area contributed by atoms with Crippen molar-refractivity contribution in [1.82, 2.24) is 5.32 Å². The summed E-state index contributed by atoms with van der Waals surface area (Å²) in [6, 6.07) is 1.41. The summed E-state index contributed by atoms with van der Waals surface area (Å²) in [6.07, 6.45) is 6.01. The Hall–Kier alpha value is -3.89. The lowest BCUT2D eigenvalue weighted by atomic mass is 9.91. The van der Waals surface area contributed by atoms with Crippen LogP contribution in [0.2, 0.25) is 0 Å². The van der Waals surface area contributed by atoms with Crippen LogP contribution < -0.4 is 19.5 Å². The van der Waals surface area contributed by atoms with Gasteiger partial charge in [-0.25, -0.2) is 9.59 Å². The normalized spacial score (nSPS) is 18.6. The fourth-order valence-electron chi connectivity index (χ4n) is 3.90. The van der Waals surface area contributed by atoms with Crippen molar-refractivity contribution in [2.24, 2.45) is 5.92 Å². The fourth-order valence-corrected chi connectivity index (χ4v) is 3.90. The molecule has 1 atom stereocenters. The Kier molecular flexibility index (Phi) is 8.33. The topological polar surface area (TPSA) is 144 Å². The molecule has 0 radical (unpaired) electrons. The van der Waals surface area contributed by atoms with Gasteiger partial charge in [0, 0.05) is 18.5 Å². The van der Waals surface area contributed by atoms with Crippen LogP contribution in [-0.2, 0) is 45.6 Å². The second-order valence-corrected chi connectivity index (χ2v) is 8.65. The van der Waals surface area contributed by atoms with E-state index in [2.05, 4.69) is 31.3 Å². The Balaban J connectivity index is 1.90. The van der Waals surface area contributed by atoms with Gasteiger partial charge in [-0.15, -0.1) is 0 Å². The number of unbranched alkanes of at least 4 members (excludes halogenated alkanes) is 2. The monoisotopic (exact) mass is 503 g/mol.